The molecule has 0 aromatic rings. The fourth-order valence-electron chi connectivity index (χ4n) is 0.146. The minimum absolute atomic E-state index is 0.655. The first-order valence-electron chi connectivity index (χ1n) is 1.60. The summed E-state index contributed by atoms with van der Waals surface area (Å²) >= 11 is 15.1. The van der Waals surface area contributed by atoms with Gasteiger partial charge in [0.2, 0.25) is 6.54 Å². The third kappa shape index (κ3) is 6.27. The summed E-state index contributed by atoms with van der Waals surface area (Å²) < 4.78 is -1.76. The lowest BCUT2D eigenvalue weighted by atomic mass is 10.8. The van der Waals surface area contributed by atoms with Gasteiger partial charge in [-0.15, -0.1) is 0 Å². The summed E-state index contributed by atoms with van der Waals surface area (Å²) in [4.78, 5) is 8.88. The molecule has 48 valence electrons. The summed E-state index contributed by atoms with van der Waals surface area (Å²) in [6.45, 7) is -0.655. The lowest BCUT2D eigenvalue weighted by Crippen LogP contribution is -2.17. The molecule has 0 aromatic heterocycles. The van der Waals surface area contributed by atoms with E-state index >= 15 is 0 Å². The van der Waals surface area contributed by atoms with Crippen LogP contribution in [-0.4, -0.2) is 15.3 Å². The molecule has 0 spiro atoms. The number of alkyl halides is 3. The summed E-state index contributed by atoms with van der Waals surface area (Å²) in [5.41, 5.74) is 0. The van der Waals surface area contributed by atoms with Crippen LogP contribution in [0.25, 0.3) is 0 Å². The Bertz CT molecular complexity index is 97.9. The minimum Gasteiger partial charge on any atom is -0.264 e. The monoisotopic (exact) mass is 177 g/mol. The van der Waals surface area contributed by atoms with Crippen LogP contribution in [0.5, 0.6) is 0 Å². The largest absolute Gasteiger partial charge is 0.264 e. The van der Waals surface area contributed by atoms with Gasteiger partial charge in [0.05, 0.1) is 0 Å². The van der Waals surface area contributed by atoms with Crippen molar-refractivity contribution in [1.82, 2.24) is 0 Å². The molecule has 0 bridgehead atoms. The number of nitro groups is 1. The molecule has 0 radical (unpaired) electrons. The van der Waals surface area contributed by atoms with E-state index in [0.717, 1.165) is 0 Å². The van der Waals surface area contributed by atoms with E-state index in [0.29, 0.717) is 0 Å². The van der Waals surface area contributed by atoms with E-state index in [2.05, 4.69) is 0 Å². The van der Waals surface area contributed by atoms with Gasteiger partial charge in [0, 0.05) is 4.92 Å². The summed E-state index contributed by atoms with van der Waals surface area (Å²) in [5.74, 6) is 0. The fourth-order valence-corrected chi connectivity index (χ4v) is 0.439. The Morgan fingerprint density at radius 2 is 1.88 bits per heavy atom. The number of rotatable bonds is 1. The van der Waals surface area contributed by atoms with Crippen molar-refractivity contribution in [3.63, 3.8) is 0 Å². The van der Waals surface area contributed by atoms with Gasteiger partial charge in [-0.05, 0) is 0 Å². The highest BCUT2D eigenvalue weighted by molar-refractivity contribution is 6.67. The predicted octanol–water partition coefficient (Wildman–Crippen LogP) is 1.63. The van der Waals surface area contributed by atoms with Gasteiger partial charge in [0.15, 0.2) is 0 Å². The zero-order valence-electron chi connectivity index (χ0n) is 3.60. The number of halogens is 3. The summed E-state index contributed by atoms with van der Waals surface area (Å²) in [6, 6.07) is 0. The highest BCUT2D eigenvalue weighted by Crippen LogP contribution is 2.25. The standard InChI is InChI=1S/C2H2Cl3NO2/c3-2(4,5)1-6(7)8/h1H2. The van der Waals surface area contributed by atoms with Crippen molar-refractivity contribution in [1.29, 1.82) is 0 Å². The first-order valence-corrected chi connectivity index (χ1v) is 2.74. The molecule has 0 amide bonds. The molecule has 0 N–H and O–H groups in total. The minimum atomic E-state index is -1.76. The average Bonchev–Trinajstić information content (AvgIpc) is 1.21. The number of nitrogens with zero attached hydrogens (tertiary/aromatic N) is 1. The van der Waals surface area contributed by atoms with E-state index in [1.54, 1.807) is 0 Å². The van der Waals surface area contributed by atoms with E-state index in [1.807, 2.05) is 0 Å². The van der Waals surface area contributed by atoms with Crippen molar-refractivity contribution < 1.29 is 4.92 Å². The molecule has 0 aliphatic heterocycles. The molecule has 0 aromatic carbocycles. The molecule has 0 rings (SSSR count). The maximum absolute atomic E-state index is 9.57. The SMILES string of the molecule is O=[N+]([O-])CC(Cl)(Cl)Cl. The van der Waals surface area contributed by atoms with Gasteiger partial charge < -0.3 is 0 Å². The van der Waals surface area contributed by atoms with E-state index in [-0.39, 0.29) is 0 Å². The smallest absolute Gasteiger partial charge is 0.254 e. The van der Waals surface area contributed by atoms with Crippen LogP contribution >= 0.6 is 34.8 Å². The van der Waals surface area contributed by atoms with Crippen LogP contribution in [0.2, 0.25) is 0 Å². The molecule has 0 aliphatic carbocycles. The van der Waals surface area contributed by atoms with Crippen LogP contribution in [0.1, 0.15) is 0 Å². The van der Waals surface area contributed by atoms with E-state index in [9.17, 15) is 10.1 Å². The molecular weight excluding hydrogens is 176 g/mol. The lowest BCUT2D eigenvalue weighted by Gasteiger charge is -2.01. The highest BCUT2D eigenvalue weighted by Gasteiger charge is 2.26. The summed E-state index contributed by atoms with van der Waals surface area (Å²) in [5, 5.41) is 9.57. The molecule has 8 heavy (non-hydrogen) atoms. The highest BCUT2D eigenvalue weighted by atomic mass is 35.6. The maximum Gasteiger partial charge on any atom is 0.254 e. The Balaban J connectivity index is 3.55. The van der Waals surface area contributed by atoms with E-state index in [1.165, 1.54) is 0 Å². The molecule has 0 fully saturated rings. The quantitative estimate of drug-likeness (QED) is 0.348. The van der Waals surface area contributed by atoms with Gasteiger partial charge in [-0.25, -0.2) is 0 Å². The maximum atomic E-state index is 9.57. The second kappa shape index (κ2) is 2.71. The van der Waals surface area contributed by atoms with E-state index in [4.69, 9.17) is 34.8 Å². The van der Waals surface area contributed by atoms with Crippen molar-refractivity contribution >= 4 is 34.8 Å². The zero-order chi connectivity index (χ0) is 6.78. The Hall–Kier alpha value is 0.270. The lowest BCUT2D eigenvalue weighted by molar-refractivity contribution is -0.478. The molecule has 0 unspecified atom stereocenters. The van der Waals surface area contributed by atoms with Crippen LogP contribution in [0, 0.1) is 10.1 Å². The van der Waals surface area contributed by atoms with Crippen molar-refractivity contribution in [3.05, 3.63) is 10.1 Å². The third-order valence-corrected chi connectivity index (χ3v) is 0.667. The molecule has 6 heteroatoms. The van der Waals surface area contributed by atoms with Crippen molar-refractivity contribution in [3.8, 4) is 0 Å². The van der Waals surface area contributed by atoms with Crippen molar-refractivity contribution in [2.75, 3.05) is 6.54 Å². The third-order valence-electron chi connectivity index (χ3n) is 0.308. The molecule has 0 heterocycles. The average molecular weight is 178 g/mol. The molecular formula is C2H2Cl3NO2. The Kier molecular flexibility index (Phi) is 2.80. The Morgan fingerprint density at radius 3 is 1.88 bits per heavy atom. The number of hydrogen-bond donors (Lipinski definition) is 0. The topological polar surface area (TPSA) is 43.1 Å². The predicted molar refractivity (Wildman–Crippen MR) is 32.2 cm³/mol. The van der Waals surface area contributed by atoms with Crippen LogP contribution < -0.4 is 0 Å². The summed E-state index contributed by atoms with van der Waals surface area (Å²) in [7, 11) is 0. The first kappa shape index (κ1) is 8.27. The first-order chi connectivity index (χ1) is 3.42. The Labute approximate surface area is 60.7 Å². The van der Waals surface area contributed by atoms with Crippen LogP contribution in [-0.2, 0) is 0 Å². The molecule has 0 saturated heterocycles. The van der Waals surface area contributed by atoms with Crippen LogP contribution in [0.3, 0.4) is 0 Å². The Morgan fingerprint density at radius 1 is 1.50 bits per heavy atom. The van der Waals surface area contributed by atoms with Crippen molar-refractivity contribution in [2.24, 2.45) is 0 Å². The van der Waals surface area contributed by atoms with Crippen LogP contribution in [0.15, 0.2) is 0 Å². The van der Waals surface area contributed by atoms with Gasteiger partial charge in [-0.3, -0.25) is 10.1 Å². The molecule has 0 atom stereocenters. The normalized spacial score (nSPS) is 11.4. The zero-order valence-corrected chi connectivity index (χ0v) is 5.87. The van der Waals surface area contributed by atoms with Gasteiger partial charge >= 0.3 is 0 Å². The fraction of sp³-hybridized carbons (Fsp3) is 1.00. The molecule has 0 aliphatic rings. The van der Waals surface area contributed by atoms with Gasteiger partial charge in [-0.2, -0.15) is 0 Å². The van der Waals surface area contributed by atoms with Crippen molar-refractivity contribution in [2.45, 2.75) is 3.79 Å². The van der Waals surface area contributed by atoms with Crippen LogP contribution in [0.4, 0.5) is 0 Å². The summed E-state index contributed by atoms with van der Waals surface area (Å²) in [6.07, 6.45) is 0. The number of hydrogen-bond acceptors (Lipinski definition) is 2. The van der Waals surface area contributed by atoms with Gasteiger partial charge in [0.25, 0.3) is 3.79 Å². The van der Waals surface area contributed by atoms with Gasteiger partial charge in [-0.1, -0.05) is 34.8 Å². The second-order valence-electron chi connectivity index (χ2n) is 1.11. The van der Waals surface area contributed by atoms with Gasteiger partial charge in [0.1, 0.15) is 0 Å². The second-order valence-corrected chi connectivity index (χ2v) is 3.62. The molecule has 0 saturated carbocycles. The van der Waals surface area contributed by atoms with E-state index < -0.39 is 15.3 Å². The molecule has 3 nitrogen and oxygen atoms in total.